The number of rotatable bonds is 2. The Bertz CT molecular complexity index is 451. The predicted octanol–water partition coefficient (Wildman–Crippen LogP) is 1.91. The Hall–Kier alpha value is -1.55. The normalized spacial score (nSPS) is 19.8. The highest BCUT2D eigenvalue weighted by Crippen LogP contribution is 2.20. The van der Waals surface area contributed by atoms with E-state index in [1.165, 1.54) is 0 Å². The number of amides is 1. The standard InChI is InChI=1S/C15H22N2O2/c1-11-10-13(18)5-6-14(11)15(19)17(2)12-4-3-8-16-9-7-12/h5-6,10,12,16,18H,3-4,7-9H2,1-2H3. The summed E-state index contributed by atoms with van der Waals surface area (Å²) in [6.45, 7) is 3.86. The highest BCUT2D eigenvalue weighted by molar-refractivity contribution is 5.95. The first-order valence-electron chi connectivity index (χ1n) is 6.87. The van der Waals surface area contributed by atoms with Crippen LogP contribution in [0.1, 0.15) is 35.2 Å². The Labute approximate surface area is 114 Å². The van der Waals surface area contributed by atoms with Gasteiger partial charge in [0.25, 0.3) is 5.91 Å². The van der Waals surface area contributed by atoms with Gasteiger partial charge in [0, 0.05) is 18.7 Å². The van der Waals surface area contributed by atoms with Crippen molar-refractivity contribution in [2.45, 2.75) is 32.2 Å². The van der Waals surface area contributed by atoms with Crippen LogP contribution < -0.4 is 5.32 Å². The minimum absolute atomic E-state index is 0.0457. The van der Waals surface area contributed by atoms with E-state index in [9.17, 15) is 9.90 Å². The predicted molar refractivity (Wildman–Crippen MR) is 75.4 cm³/mol. The molecule has 1 aromatic rings. The largest absolute Gasteiger partial charge is 0.508 e. The summed E-state index contributed by atoms with van der Waals surface area (Å²) in [6, 6.07) is 5.22. The van der Waals surface area contributed by atoms with Gasteiger partial charge in [0.2, 0.25) is 0 Å². The van der Waals surface area contributed by atoms with Crippen molar-refractivity contribution in [1.29, 1.82) is 0 Å². The van der Waals surface area contributed by atoms with Gasteiger partial charge in [-0.1, -0.05) is 0 Å². The lowest BCUT2D eigenvalue weighted by molar-refractivity contribution is 0.0719. The van der Waals surface area contributed by atoms with Gasteiger partial charge in [-0.3, -0.25) is 4.79 Å². The van der Waals surface area contributed by atoms with E-state index in [1.54, 1.807) is 18.2 Å². The number of phenolic OH excluding ortho intramolecular Hbond substituents is 1. The fourth-order valence-electron chi connectivity index (χ4n) is 2.63. The Morgan fingerprint density at radius 1 is 1.37 bits per heavy atom. The zero-order valence-electron chi connectivity index (χ0n) is 11.6. The van der Waals surface area contributed by atoms with Gasteiger partial charge in [-0.25, -0.2) is 0 Å². The molecule has 0 aliphatic carbocycles. The van der Waals surface area contributed by atoms with Crippen LogP contribution in [0.4, 0.5) is 0 Å². The number of carbonyl (C=O) groups excluding carboxylic acids is 1. The monoisotopic (exact) mass is 262 g/mol. The van der Waals surface area contributed by atoms with Gasteiger partial charge in [0.1, 0.15) is 5.75 Å². The number of aromatic hydroxyl groups is 1. The summed E-state index contributed by atoms with van der Waals surface area (Å²) in [7, 11) is 1.88. The number of nitrogens with one attached hydrogen (secondary N) is 1. The summed E-state index contributed by atoms with van der Waals surface area (Å²) in [5.41, 5.74) is 1.50. The van der Waals surface area contributed by atoms with E-state index >= 15 is 0 Å². The second-order valence-corrected chi connectivity index (χ2v) is 5.25. The molecule has 4 heteroatoms. The molecule has 0 spiro atoms. The molecule has 0 bridgehead atoms. The summed E-state index contributed by atoms with van der Waals surface area (Å²) < 4.78 is 0. The average Bonchev–Trinajstić information content (AvgIpc) is 2.66. The summed E-state index contributed by atoms with van der Waals surface area (Å²) in [5, 5.41) is 12.8. The minimum atomic E-state index is 0.0457. The highest BCUT2D eigenvalue weighted by atomic mass is 16.3. The molecular formula is C15H22N2O2. The first-order chi connectivity index (χ1) is 9.09. The van der Waals surface area contributed by atoms with Gasteiger partial charge in [-0.15, -0.1) is 0 Å². The summed E-state index contributed by atoms with van der Waals surface area (Å²) >= 11 is 0. The van der Waals surface area contributed by atoms with Crippen molar-refractivity contribution in [1.82, 2.24) is 10.2 Å². The Kier molecular flexibility index (Phi) is 4.43. The smallest absolute Gasteiger partial charge is 0.254 e. The lowest BCUT2D eigenvalue weighted by Crippen LogP contribution is -2.37. The van der Waals surface area contributed by atoms with Crippen molar-refractivity contribution >= 4 is 5.91 Å². The molecule has 104 valence electrons. The third-order valence-corrected chi connectivity index (χ3v) is 3.85. The van der Waals surface area contributed by atoms with Crippen LogP contribution in [-0.4, -0.2) is 42.1 Å². The lowest BCUT2D eigenvalue weighted by Gasteiger charge is -2.27. The maximum absolute atomic E-state index is 12.5. The maximum atomic E-state index is 12.5. The van der Waals surface area contributed by atoms with Crippen LogP contribution in [0.5, 0.6) is 5.75 Å². The zero-order valence-corrected chi connectivity index (χ0v) is 11.6. The van der Waals surface area contributed by atoms with Crippen molar-refractivity contribution in [3.05, 3.63) is 29.3 Å². The number of hydrogen-bond acceptors (Lipinski definition) is 3. The average molecular weight is 262 g/mol. The van der Waals surface area contributed by atoms with E-state index in [0.29, 0.717) is 11.6 Å². The molecule has 0 radical (unpaired) electrons. The summed E-state index contributed by atoms with van der Waals surface area (Å²) in [4.78, 5) is 14.4. The molecule has 1 aliphatic heterocycles. The van der Waals surface area contributed by atoms with Crippen LogP contribution in [0.15, 0.2) is 18.2 Å². The van der Waals surface area contributed by atoms with E-state index in [2.05, 4.69) is 5.32 Å². The van der Waals surface area contributed by atoms with Gasteiger partial charge in [-0.05, 0) is 63.0 Å². The molecule has 1 amide bonds. The molecule has 1 aromatic carbocycles. The van der Waals surface area contributed by atoms with E-state index in [-0.39, 0.29) is 11.7 Å². The highest BCUT2D eigenvalue weighted by Gasteiger charge is 2.23. The van der Waals surface area contributed by atoms with Crippen molar-refractivity contribution in [2.75, 3.05) is 20.1 Å². The second-order valence-electron chi connectivity index (χ2n) is 5.25. The third-order valence-electron chi connectivity index (χ3n) is 3.85. The number of hydrogen-bond donors (Lipinski definition) is 2. The van der Waals surface area contributed by atoms with Crippen LogP contribution in [-0.2, 0) is 0 Å². The molecule has 4 nitrogen and oxygen atoms in total. The van der Waals surface area contributed by atoms with Crippen LogP contribution >= 0.6 is 0 Å². The number of phenols is 1. The van der Waals surface area contributed by atoms with Crippen molar-refractivity contribution < 1.29 is 9.90 Å². The number of benzene rings is 1. The van der Waals surface area contributed by atoms with Crippen molar-refractivity contribution in [3.63, 3.8) is 0 Å². The van der Waals surface area contributed by atoms with Gasteiger partial charge in [0.05, 0.1) is 0 Å². The molecule has 1 saturated heterocycles. The first-order valence-corrected chi connectivity index (χ1v) is 6.87. The number of aryl methyl sites for hydroxylation is 1. The molecule has 1 atom stereocenters. The topological polar surface area (TPSA) is 52.6 Å². The first kappa shape index (κ1) is 13.9. The molecule has 1 heterocycles. The van der Waals surface area contributed by atoms with Gasteiger partial charge in [0.15, 0.2) is 0 Å². The second kappa shape index (κ2) is 6.06. The van der Waals surface area contributed by atoms with Crippen LogP contribution in [0.25, 0.3) is 0 Å². The number of carbonyl (C=O) groups is 1. The maximum Gasteiger partial charge on any atom is 0.254 e. The SMILES string of the molecule is Cc1cc(O)ccc1C(=O)N(C)C1CCCNCC1. The molecule has 1 unspecified atom stereocenters. The molecule has 1 aliphatic rings. The molecule has 19 heavy (non-hydrogen) atoms. The zero-order chi connectivity index (χ0) is 13.8. The van der Waals surface area contributed by atoms with E-state index in [1.807, 2.05) is 18.9 Å². The summed E-state index contributed by atoms with van der Waals surface area (Å²) in [5.74, 6) is 0.250. The number of nitrogens with zero attached hydrogens (tertiary/aromatic N) is 1. The molecule has 0 saturated carbocycles. The third kappa shape index (κ3) is 3.26. The van der Waals surface area contributed by atoms with Crippen molar-refractivity contribution in [3.8, 4) is 5.75 Å². The molecule has 2 rings (SSSR count). The van der Waals surface area contributed by atoms with E-state index in [0.717, 1.165) is 37.9 Å². The summed E-state index contributed by atoms with van der Waals surface area (Å²) in [6.07, 6.45) is 3.16. The molecule has 0 aromatic heterocycles. The fraction of sp³-hybridized carbons (Fsp3) is 0.533. The van der Waals surface area contributed by atoms with Gasteiger partial charge >= 0.3 is 0 Å². The Balaban J connectivity index is 2.13. The Morgan fingerprint density at radius 3 is 2.89 bits per heavy atom. The molecule has 1 fully saturated rings. The van der Waals surface area contributed by atoms with Gasteiger partial charge < -0.3 is 15.3 Å². The van der Waals surface area contributed by atoms with Crippen LogP contribution in [0.2, 0.25) is 0 Å². The van der Waals surface area contributed by atoms with Crippen molar-refractivity contribution in [2.24, 2.45) is 0 Å². The lowest BCUT2D eigenvalue weighted by atomic mass is 10.0. The fourth-order valence-corrected chi connectivity index (χ4v) is 2.63. The minimum Gasteiger partial charge on any atom is -0.508 e. The molecule has 2 N–H and O–H groups in total. The van der Waals surface area contributed by atoms with Crippen LogP contribution in [0, 0.1) is 6.92 Å². The van der Waals surface area contributed by atoms with E-state index < -0.39 is 0 Å². The van der Waals surface area contributed by atoms with Gasteiger partial charge in [-0.2, -0.15) is 0 Å². The molecular weight excluding hydrogens is 240 g/mol. The quantitative estimate of drug-likeness (QED) is 0.856. The van der Waals surface area contributed by atoms with E-state index in [4.69, 9.17) is 0 Å². The Morgan fingerprint density at radius 2 is 2.16 bits per heavy atom. The van der Waals surface area contributed by atoms with Crippen LogP contribution in [0.3, 0.4) is 0 Å².